The number of aromatic nitrogens is 1. The molecule has 2 N–H and O–H groups in total. The van der Waals surface area contributed by atoms with Gasteiger partial charge in [0.2, 0.25) is 11.8 Å². The highest BCUT2D eigenvalue weighted by Gasteiger charge is 2.31. The Labute approximate surface area is 138 Å². The van der Waals surface area contributed by atoms with Gasteiger partial charge in [-0.15, -0.1) is 0 Å². The number of nitrogens with one attached hydrogen (secondary N) is 2. The molecule has 0 aliphatic carbocycles. The summed E-state index contributed by atoms with van der Waals surface area (Å²) in [5, 5.41) is 3.72. The average Bonchev–Trinajstić information content (AvgIpc) is 3.20. The number of H-pyrrole nitrogens is 1. The van der Waals surface area contributed by atoms with E-state index in [1.165, 1.54) is 12.1 Å². The van der Waals surface area contributed by atoms with Crippen LogP contribution >= 0.6 is 0 Å². The summed E-state index contributed by atoms with van der Waals surface area (Å²) in [7, 11) is 0. The average molecular weight is 327 g/mol. The molecule has 2 amide bonds. The number of fused-ring (bicyclic) bond motifs is 1. The van der Waals surface area contributed by atoms with Crippen LogP contribution in [0.3, 0.4) is 0 Å². The van der Waals surface area contributed by atoms with E-state index < -0.39 is 0 Å². The lowest BCUT2D eigenvalue weighted by molar-refractivity contribution is -0.134. The molecule has 0 bridgehead atoms. The van der Waals surface area contributed by atoms with Crippen LogP contribution in [0.5, 0.6) is 0 Å². The lowest BCUT2D eigenvalue weighted by Gasteiger charge is -2.28. The van der Waals surface area contributed by atoms with Crippen LogP contribution in [0, 0.1) is 5.82 Å². The van der Waals surface area contributed by atoms with E-state index in [0.717, 1.165) is 28.5 Å². The summed E-state index contributed by atoms with van der Waals surface area (Å²) < 4.78 is 13.3. The maximum atomic E-state index is 13.3. The van der Waals surface area contributed by atoms with Crippen LogP contribution in [0.2, 0.25) is 0 Å². The Hall–Kier alpha value is -2.63. The Bertz CT molecular complexity index is 855. The molecular weight excluding hydrogens is 309 g/mol. The van der Waals surface area contributed by atoms with Crippen LogP contribution in [-0.4, -0.2) is 40.8 Å². The molecule has 5 nitrogen and oxygen atoms in total. The second kappa shape index (κ2) is 5.78. The summed E-state index contributed by atoms with van der Waals surface area (Å²) in [6.45, 7) is 1.17. The Morgan fingerprint density at radius 1 is 1.29 bits per heavy atom. The molecule has 124 valence electrons. The van der Waals surface area contributed by atoms with Gasteiger partial charge in [-0.3, -0.25) is 9.59 Å². The molecule has 0 spiro atoms. The largest absolute Gasteiger partial charge is 0.360 e. The van der Waals surface area contributed by atoms with E-state index in [9.17, 15) is 14.0 Å². The van der Waals surface area contributed by atoms with Gasteiger partial charge in [-0.2, -0.15) is 0 Å². The third kappa shape index (κ3) is 2.58. The van der Waals surface area contributed by atoms with Crippen LogP contribution in [0.4, 0.5) is 4.39 Å². The first-order valence-corrected chi connectivity index (χ1v) is 8.16. The molecule has 2 aromatic rings. The van der Waals surface area contributed by atoms with Crippen molar-refractivity contribution in [2.75, 3.05) is 13.1 Å². The van der Waals surface area contributed by atoms with Crippen molar-refractivity contribution >= 4 is 28.3 Å². The molecule has 0 saturated carbocycles. The summed E-state index contributed by atoms with van der Waals surface area (Å²) in [6.07, 6.45) is 5.70. The summed E-state index contributed by atoms with van der Waals surface area (Å²) in [5.41, 5.74) is 3.00. The topological polar surface area (TPSA) is 65.2 Å². The summed E-state index contributed by atoms with van der Waals surface area (Å²) in [6, 6.07) is 4.36. The number of hydrogen-bond donors (Lipinski definition) is 2. The van der Waals surface area contributed by atoms with Gasteiger partial charge in [-0.1, -0.05) is 6.08 Å². The zero-order valence-corrected chi connectivity index (χ0v) is 13.1. The third-order valence-corrected chi connectivity index (χ3v) is 4.80. The quantitative estimate of drug-likeness (QED) is 0.888. The molecule has 1 aromatic carbocycles. The van der Waals surface area contributed by atoms with E-state index >= 15 is 0 Å². The molecule has 0 unspecified atom stereocenters. The van der Waals surface area contributed by atoms with E-state index in [1.807, 2.05) is 12.3 Å². The molecule has 1 aromatic heterocycles. The fourth-order valence-corrected chi connectivity index (χ4v) is 3.50. The maximum Gasteiger partial charge on any atom is 0.245 e. The highest BCUT2D eigenvalue weighted by atomic mass is 19.1. The van der Waals surface area contributed by atoms with Crippen LogP contribution in [0.15, 0.2) is 30.5 Å². The lowest BCUT2D eigenvalue weighted by Crippen LogP contribution is -2.45. The van der Waals surface area contributed by atoms with Crippen LogP contribution in [-0.2, 0) is 9.59 Å². The molecule has 2 aliphatic rings. The maximum absolute atomic E-state index is 13.3. The van der Waals surface area contributed by atoms with Crippen LogP contribution < -0.4 is 5.32 Å². The molecule has 0 radical (unpaired) electrons. The summed E-state index contributed by atoms with van der Waals surface area (Å²) in [5.74, 6) is -0.311. The number of benzene rings is 1. The first-order valence-electron chi connectivity index (χ1n) is 8.16. The predicted molar refractivity (Wildman–Crippen MR) is 88.6 cm³/mol. The molecule has 24 heavy (non-hydrogen) atoms. The minimum Gasteiger partial charge on any atom is -0.360 e. The Kier molecular flexibility index (Phi) is 3.59. The number of rotatable bonds is 2. The van der Waals surface area contributed by atoms with Crippen molar-refractivity contribution in [2.45, 2.75) is 25.3 Å². The molecule has 2 aliphatic heterocycles. The normalized spacial score (nSPS) is 21.0. The zero-order valence-electron chi connectivity index (χ0n) is 13.1. The minimum atomic E-state index is -0.372. The van der Waals surface area contributed by atoms with E-state index in [1.54, 1.807) is 11.0 Å². The number of halogens is 1. The smallest absolute Gasteiger partial charge is 0.245 e. The standard InChI is InChI=1S/C18H18FN3O2/c19-12-1-2-13-14(10-20-16(13)9-12)11-5-7-22(8-6-11)18(24)15-3-4-17(23)21-15/h1-2,5,9-10,15,20H,3-4,6-8H2,(H,21,23)/t15-/m1/s1. The van der Waals surface area contributed by atoms with Gasteiger partial charge in [0.1, 0.15) is 11.9 Å². The van der Waals surface area contributed by atoms with Crippen molar-refractivity contribution < 1.29 is 14.0 Å². The Morgan fingerprint density at radius 2 is 2.17 bits per heavy atom. The number of amides is 2. The second-order valence-corrected chi connectivity index (χ2v) is 6.31. The number of aromatic amines is 1. The molecule has 1 saturated heterocycles. The van der Waals surface area contributed by atoms with Crippen molar-refractivity contribution in [3.05, 3.63) is 41.9 Å². The first-order chi connectivity index (χ1) is 11.6. The Morgan fingerprint density at radius 3 is 2.88 bits per heavy atom. The van der Waals surface area contributed by atoms with E-state index in [4.69, 9.17) is 0 Å². The predicted octanol–water partition coefficient (Wildman–Crippen LogP) is 2.20. The van der Waals surface area contributed by atoms with Crippen molar-refractivity contribution in [2.24, 2.45) is 0 Å². The fourth-order valence-electron chi connectivity index (χ4n) is 3.50. The molecule has 1 fully saturated rings. The summed E-state index contributed by atoms with van der Waals surface area (Å²) in [4.78, 5) is 28.6. The number of carbonyl (C=O) groups excluding carboxylic acids is 2. The molecule has 4 rings (SSSR count). The van der Waals surface area contributed by atoms with Gasteiger partial charge in [-0.25, -0.2) is 4.39 Å². The molecule has 6 heteroatoms. The highest BCUT2D eigenvalue weighted by Crippen LogP contribution is 2.30. The Balaban J connectivity index is 1.51. The van der Waals surface area contributed by atoms with E-state index in [0.29, 0.717) is 25.9 Å². The molecular formula is C18H18FN3O2. The van der Waals surface area contributed by atoms with Crippen LogP contribution in [0.1, 0.15) is 24.8 Å². The zero-order chi connectivity index (χ0) is 16.7. The van der Waals surface area contributed by atoms with E-state index in [-0.39, 0.29) is 23.7 Å². The van der Waals surface area contributed by atoms with Gasteiger partial charge in [-0.05, 0) is 36.6 Å². The summed E-state index contributed by atoms with van der Waals surface area (Å²) >= 11 is 0. The lowest BCUT2D eigenvalue weighted by atomic mass is 9.98. The third-order valence-electron chi connectivity index (χ3n) is 4.80. The molecule has 3 heterocycles. The van der Waals surface area contributed by atoms with Gasteiger partial charge >= 0.3 is 0 Å². The van der Waals surface area contributed by atoms with Gasteiger partial charge in [0, 0.05) is 42.2 Å². The number of hydrogen-bond acceptors (Lipinski definition) is 2. The van der Waals surface area contributed by atoms with Crippen LogP contribution in [0.25, 0.3) is 16.5 Å². The van der Waals surface area contributed by atoms with Crippen molar-refractivity contribution in [3.63, 3.8) is 0 Å². The second-order valence-electron chi connectivity index (χ2n) is 6.31. The van der Waals surface area contributed by atoms with Crippen molar-refractivity contribution in [1.29, 1.82) is 0 Å². The molecule has 1 atom stereocenters. The number of nitrogens with zero attached hydrogens (tertiary/aromatic N) is 1. The van der Waals surface area contributed by atoms with Gasteiger partial charge in [0.25, 0.3) is 0 Å². The minimum absolute atomic E-state index is 0.00264. The first kappa shape index (κ1) is 14.9. The van der Waals surface area contributed by atoms with E-state index in [2.05, 4.69) is 10.3 Å². The van der Waals surface area contributed by atoms with Crippen molar-refractivity contribution in [3.8, 4) is 0 Å². The fraction of sp³-hybridized carbons (Fsp3) is 0.333. The number of carbonyl (C=O) groups is 2. The van der Waals surface area contributed by atoms with Crippen molar-refractivity contribution in [1.82, 2.24) is 15.2 Å². The SMILES string of the molecule is O=C1CC[C@H](C(=O)N2CC=C(c3c[nH]c4cc(F)ccc34)CC2)N1. The van der Waals surface area contributed by atoms with Gasteiger partial charge < -0.3 is 15.2 Å². The van der Waals surface area contributed by atoms with Gasteiger partial charge in [0.15, 0.2) is 0 Å². The monoisotopic (exact) mass is 327 g/mol. The highest BCUT2D eigenvalue weighted by molar-refractivity contribution is 5.94. The van der Waals surface area contributed by atoms with Gasteiger partial charge in [0.05, 0.1) is 0 Å².